The number of aromatic nitrogens is 8. The second-order valence-corrected chi connectivity index (χ2v) is 6.56. The average Bonchev–Trinajstić information content (AvgIpc) is 3.34. The molecule has 5 heterocycles. The van der Waals surface area contributed by atoms with Crippen molar-refractivity contribution in [2.24, 2.45) is 7.05 Å². The van der Waals surface area contributed by atoms with E-state index in [2.05, 4.69) is 42.5 Å². The lowest BCUT2D eigenvalue weighted by Gasteiger charge is -2.02. The summed E-state index contributed by atoms with van der Waals surface area (Å²) < 4.78 is 3.46. The van der Waals surface area contributed by atoms with Gasteiger partial charge in [0.1, 0.15) is 4.83 Å². The summed E-state index contributed by atoms with van der Waals surface area (Å²) in [4.78, 5) is 14.7. The summed E-state index contributed by atoms with van der Waals surface area (Å²) in [6.07, 6.45) is 5.35. The molecule has 0 N–H and O–H groups in total. The van der Waals surface area contributed by atoms with Crippen LogP contribution in [0.5, 0.6) is 0 Å². The van der Waals surface area contributed by atoms with Crippen LogP contribution in [0, 0.1) is 0 Å². The van der Waals surface area contributed by atoms with Gasteiger partial charge in [0.2, 0.25) is 5.65 Å². The Morgan fingerprint density at radius 2 is 2.08 bits per heavy atom. The van der Waals surface area contributed by atoms with Gasteiger partial charge < -0.3 is 0 Å². The normalized spacial score (nSPS) is 11.6. The summed E-state index contributed by atoms with van der Waals surface area (Å²) in [5.41, 5.74) is 3.71. The molecule has 0 saturated carbocycles. The van der Waals surface area contributed by atoms with Crippen LogP contribution in [0.3, 0.4) is 0 Å². The van der Waals surface area contributed by atoms with Crippen LogP contribution < -0.4 is 0 Å². The molecule has 8 nitrogen and oxygen atoms in total. The van der Waals surface area contributed by atoms with Crippen molar-refractivity contribution in [3.63, 3.8) is 0 Å². The lowest BCUT2D eigenvalue weighted by Crippen LogP contribution is -2.05. The van der Waals surface area contributed by atoms with Gasteiger partial charge in [0.15, 0.2) is 5.65 Å². The lowest BCUT2D eigenvalue weighted by molar-refractivity contribution is 0.654. The van der Waals surface area contributed by atoms with E-state index in [0.29, 0.717) is 17.8 Å². The van der Waals surface area contributed by atoms with Crippen LogP contribution >= 0.6 is 11.3 Å². The predicted molar refractivity (Wildman–Crippen MR) is 94.0 cm³/mol. The van der Waals surface area contributed by atoms with Gasteiger partial charge in [-0.3, -0.25) is 4.68 Å². The lowest BCUT2D eigenvalue weighted by atomic mass is 10.3. The molecule has 0 aliphatic heterocycles. The molecule has 25 heavy (non-hydrogen) atoms. The van der Waals surface area contributed by atoms with Gasteiger partial charge >= 0.3 is 0 Å². The fraction of sp³-hybridized carbons (Fsp3) is 0.125. The number of aryl methyl sites for hydroxylation is 1. The van der Waals surface area contributed by atoms with Gasteiger partial charge in [0, 0.05) is 24.2 Å². The van der Waals surface area contributed by atoms with E-state index >= 15 is 0 Å². The maximum atomic E-state index is 4.67. The molecule has 5 aromatic rings. The van der Waals surface area contributed by atoms with E-state index in [1.807, 2.05) is 24.7 Å². The molecule has 0 aromatic carbocycles. The SMILES string of the molecule is Cn1cc(-c2cnc3nnn(Cc4ccc5ccsc5n4)c3n2)cn1. The Balaban J connectivity index is 1.56. The van der Waals surface area contributed by atoms with Crippen LogP contribution in [0.15, 0.2) is 42.2 Å². The minimum atomic E-state index is 0.496. The van der Waals surface area contributed by atoms with Gasteiger partial charge in [0.05, 0.1) is 30.3 Å². The Bertz CT molecular complexity index is 1200. The smallest absolute Gasteiger partial charge is 0.221 e. The fourth-order valence-corrected chi connectivity index (χ4v) is 3.46. The molecule has 0 saturated heterocycles. The van der Waals surface area contributed by atoms with Gasteiger partial charge in [-0.05, 0) is 17.5 Å². The Hall–Kier alpha value is -3.20. The average molecular weight is 348 g/mol. The molecule has 0 spiro atoms. The predicted octanol–water partition coefficient (Wildman–Crippen LogP) is 2.28. The Morgan fingerprint density at radius 1 is 1.12 bits per heavy atom. The standard InChI is InChI=1S/C16H12N8S/c1-23-8-11(6-18-23)13-7-17-14-15(20-13)24(22-21-14)9-12-3-2-10-4-5-25-16(10)19-12/h2-8H,9H2,1H3. The maximum absolute atomic E-state index is 4.67. The monoisotopic (exact) mass is 348 g/mol. The van der Waals surface area contributed by atoms with E-state index < -0.39 is 0 Å². The van der Waals surface area contributed by atoms with E-state index in [0.717, 1.165) is 27.2 Å². The summed E-state index contributed by atoms with van der Waals surface area (Å²) >= 11 is 1.63. The van der Waals surface area contributed by atoms with Crippen LogP contribution in [0.2, 0.25) is 0 Å². The molecule has 0 aliphatic rings. The minimum Gasteiger partial charge on any atom is -0.275 e. The molecule has 122 valence electrons. The van der Waals surface area contributed by atoms with Crippen molar-refractivity contribution in [3.8, 4) is 11.3 Å². The van der Waals surface area contributed by atoms with Crippen LogP contribution in [-0.4, -0.2) is 39.7 Å². The van der Waals surface area contributed by atoms with Crippen molar-refractivity contribution in [2.75, 3.05) is 0 Å². The number of rotatable bonds is 3. The van der Waals surface area contributed by atoms with Crippen LogP contribution in [0.25, 0.3) is 32.8 Å². The second-order valence-electron chi connectivity index (χ2n) is 5.67. The van der Waals surface area contributed by atoms with Gasteiger partial charge in [0.25, 0.3) is 0 Å². The molecule has 0 bridgehead atoms. The zero-order valence-corrected chi connectivity index (χ0v) is 14.1. The maximum Gasteiger partial charge on any atom is 0.221 e. The summed E-state index contributed by atoms with van der Waals surface area (Å²) in [5.74, 6) is 0. The van der Waals surface area contributed by atoms with Crippen molar-refractivity contribution < 1.29 is 0 Å². The van der Waals surface area contributed by atoms with Crippen LogP contribution in [0.4, 0.5) is 0 Å². The molecular weight excluding hydrogens is 336 g/mol. The largest absolute Gasteiger partial charge is 0.275 e. The molecule has 0 atom stereocenters. The zero-order chi connectivity index (χ0) is 16.8. The molecular formula is C16H12N8S. The molecule has 5 aromatic heterocycles. The van der Waals surface area contributed by atoms with Crippen molar-refractivity contribution in [2.45, 2.75) is 6.54 Å². The molecule has 9 heteroatoms. The summed E-state index contributed by atoms with van der Waals surface area (Å²) in [6.45, 7) is 0.496. The van der Waals surface area contributed by atoms with Gasteiger partial charge in [-0.1, -0.05) is 11.3 Å². The second kappa shape index (κ2) is 5.42. The van der Waals surface area contributed by atoms with Crippen molar-refractivity contribution in [1.29, 1.82) is 0 Å². The third-order valence-electron chi connectivity index (χ3n) is 3.91. The first-order valence-electron chi connectivity index (χ1n) is 7.65. The summed E-state index contributed by atoms with van der Waals surface area (Å²) in [7, 11) is 1.87. The quantitative estimate of drug-likeness (QED) is 0.497. The number of pyridine rings is 1. The number of hydrogen-bond acceptors (Lipinski definition) is 7. The van der Waals surface area contributed by atoms with Crippen molar-refractivity contribution >= 4 is 32.8 Å². The number of thiophene rings is 1. The molecule has 0 radical (unpaired) electrons. The highest BCUT2D eigenvalue weighted by Gasteiger charge is 2.12. The highest BCUT2D eigenvalue weighted by atomic mass is 32.1. The van der Waals surface area contributed by atoms with Gasteiger partial charge in [-0.25, -0.2) is 19.6 Å². The first kappa shape index (κ1) is 14.2. The third-order valence-corrected chi connectivity index (χ3v) is 4.74. The minimum absolute atomic E-state index is 0.496. The van der Waals surface area contributed by atoms with Crippen LogP contribution in [-0.2, 0) is 13.6 Å². The number of nitrogens with zero attached hydrogens (tertiary/aromatic N) is 8. The summed E-state index contributed by atoms with van der Waals surface area (Å²) in [6, 6.07) is 6.13. The molecule has 0 aliphatic carbocycles. The fourth-order valence-electron chi connectivity index (χ4n) is 2.68. The van der Waals surface area contributed by atoms with Crippen LogP contribution in [0.1, 0.15) is 5.69 Å². The number of fused-ring (bicyclic) bond motifs is 2. The Kier molecular flexibility index (Phi) is 3.07. The third kappa shape index (κ3) is 2.45. The number of hydrogen-bond donors (Lipinski definition) is 0. The van der Waals surface area contributed by atoms with Gasteiger partial charge in [-0.2, -0.15) is 5.10 Å². The van der Waals surface area contributed by atoms with E-state index in [4.69, 9.17) is 0 Å². The van der Waals surface area contributed by atoms with E-state index in [-0.39, 0.29) is 0 Å². The van der Waals surface area contributed by atoms with E-state index in [1.54, 1.807) is 33.1 Å². The first-order valence-corrected chi connectivity index (χ1v) is 8.53. The highest BCUT2D eigenvalue weighted by Crippen LogP contribution is 2.20. The molecule has 0 amide bonds. The van der Waals surface area contributed by atoms with E-state index in [9.17, 15) is 0 Å². The van der Waals surface area contributed by atoms with Gasteiger partial charge in [-0.15, -0.1) is 16.4 Å². The zero-order valence-electron chi connectivity index (χ0n) is 13.2. The van der Waals surface area contributed by atoms with E-state index in [1.165, 1.54) is 0 Å². The van der Waals surface area contributed by atoms with Crippen molar-refractivity contribution in [3.05, 3.63) is 47.9 Å². The highest BCUT2D eigenvalue weighted by molar-refractivity contribution is 7.16. The Labute approximate surface area is 145 Å². The molecule has 0 unspecified atom stereocenters. The first-order chi connectivity index (χ1) is 12.3. The Morgan fingerprint density at radius 3 is 2.96 bits per heavy atom. The molecule has 5 rings (SSSR count). The topological polar surface area (TPSA) is 87.2 Å². The summed E-state index contributed by atoms with van der Waals surface area (Å²) in [5, 5.41) is 15.6. The van der Waals surface area contributed by atoms with Crippen molar-refractivity contribution in [1.82, 2.24) is 39.7 Å². The molecule has 0 fully saturated rings.